The Labute approximate surface area is 144 Å². The Morgan fingerprint density at radius 2 is 1.92 bits per heavy atom. The van der Waals surface area contributed by atoms with Crippen molar-refractivity contribution in [3.63, 3.8) is 0 Å². The van der Waals surface area contributed by atoms with E-state index in [4.69, 9.17) is 0 Å². The van der Waals surface area contributed by atoms with Gasteiger partial charge in [-0.3, -0.25) is 14.1 Å². The van der Waals surface area contributed by atoms with Gasteiger partial charge in [-0.25, -0.2) is 17.8 Å². The van der Waals surface area contributed by atoms with E-state index in [2.05, 4.69) is 9.71 Å². The Bertz CT molecular complexity index is 1120. The van der Waals surface area contributed by atoms with Crippen LogP contribution in [0.3, 0.4) is 0 Å². The lowest BCUT2D eigenvalue weighted by Crippen LogP contribution is -2.23. The van der Waals surface area contributed by atoms with E-state index in [0.717, 1.165) is 6.07 Å². The van der Waals surface area contributed by atoms with Crippen molar-refractivity contribution in [2.45, 2.75) is 13.8 Å². The number of hydrogen-bond donors (Lipinski definition) is 1. The normalized spacial score (nSPS) is 11.6. The first-order valence-corrected chi connectivity index (χ1v) is 9.26. The quantitative estimate of drug-likeness (QED) is 0.774. The molecule has 0 bridgehead atoms. The lowest BCUT2D eigenvalue weighted by atomic mass is 10.2. The van der Waals surface area contributed by atoms with Gasteiger partial charge in [0, 0.05) is 0 Å². The van der Waals surface area contributed by atoms with Crippen molar-refractivity contribution in [3.8, 4) is 5.69 Å². The average molecular weight is 361 g/mol. The molecule has 1 N–H and O–H groups in total. The fraction of sp³-hybridized carbons (Fsp3) is 0.176. The van der Waals surface area contributed by atoms with Crippen molar-refractivity contribution in [1.29, 1.82) is 0 Å². The first-order chi connectivity index (χ1) is 11.8. The molecule has 25 heavy (non-hydrogen) atoms. The number of nitrogens with zero attached hydrogens (tertiary/aromatic N) is 2. The molecular formula is C17H16FN3O3S. The first-order valence-electron chi connectivity index (χ1n) is 7.61. The minimum Gasteiger partial charge on any atom is -0.281 e. The van der Waals surface area contributed by atoms with Crippen LogP contribution in [0.1, 0.15) is 12.7 Å². The number of sulfonamides is 1. The molecule has 0 radical (unpaired) electrons. The fourth-order valence-electron chi connectivity index (χ4n) is 2.52. The van der Waals surface area contributed by atoms with Gasteiger partial charge >= 0.3 is 0 Å². The van der Waals surface area contributed by atoms with Crippen LogP contribution in [-0.2, 0) is 10.0 Å². The number of fused-ring (bicyclic) bond motifs is 1. The molecule has 0 spiro atoms. The molecule has 0 aliphatic rings. The molecular weight excluding hydrogens is 345 g/mol. The molecule has 0 atom stereocenters. The molecule has 1 heterocycles. The predicted octanol–water partition coefficient (Wildman–Crippen LogP) is 2.59. The predicted molar refractivity (Wildman–Crippen MR) is 95.1 cm³/mol. The average Bonchev–Trinajstić information content (AvgIpc) is 2.57. The van der Waals surface area contributed by atoms with E-state index in [0.29, 0.717) is 22.4 Å². The second kappa shape index (κ2) is 6.29. The molecule has 0 fully saturated rings. The maximum Gasteiger partial charge on any atom is 0.265 e. The van der Waals surface area contributed by atoms with Crippen molar-refractivity contribution in [2.24, 2.45) is 0 Å². The number of hydrogen-bond acceptors (Lipinski definition) is 4. The minimum atomic E-state index is -3.64. The fourth-order valence-corrected chi connectivity index (χ4v) is 3.15. The van der Waals surface area contributed by atoms with Gasteiger partial charge in [0.1, 0.15) is 11.6 Å². The summed E-state index contributed by atoms with van der Waals surface area (Å²) in [5.41, 5.74) is 0.379. The molecule has 0 saturated heterocycles. The second-order valence-electron chi connectivity index (χ2n) is 5.49. The first kappa shape index (κ1) is 17.1. The van der Waals surface area contributed by atoms with E-state index < -0.39 is 15.8 Å². The van der Waals surface area contributed by atoms with E-state index >= 15 is 0 Å². The molecule has 0 unspecified atom stereocenters. The van der Waals surface area contributed by atoms with Gasteiger partial charge in [0.2, 0.25) is 10.0 Å². The Hall–Kier alpha value is -2.74. The van der Waals surface area contributed by atoms with E-state index in [1.165, 1.54) is 23.6 Å². The number of halogens is 1. The van der Waals surface area contributed by atoms with Crippen molar-refractivity contribution in [1.82, 2.24) is 9.55 Å². The summed E-state index contributed by atoms with van der Waals surface area (Å²) in [6, 6.07) is 10.7. The smallest absolute Gasteiger partial charge is 0.265 e. The standard InChI is InChI=1S/C17H16FN3O3S/c1-3-25(23,24)20-16-10-12(8-9-14(16)18)21-11(2)19-15-7-5-4-6-13(15)17(21)22/h4-10,20H,3H2,1-2H3. The van der Waals surface area contributed by atoms with Gasteiger partial charge in [-0.05, 0) is 44.2 Å². The molecule has 0 amide bonds. The van der Waals surface area contributed by atoms with Crippen LogP contribution in [0.5, 0.6) is 0 Å². The highest BCUT2D eigenvalue weighted by Gasteiger charge is 2.14. The van der Waals surface area contributed by atoms with Crippen molar-refractivity contribution in [2.75, 3.05) is 10.5 Å². The number of anilines is 1. The molecule has 0 aliphatic heterocycles. The largest absolute Gasteiger partial charge is 0.281 e. The van der Waals surface area contributed by atoms with Crippen LogP contribution in [0.15, 0.2) is 47.3 Å². The molecule has 0 aliphatic carbocycles. The highest BCUT2D eigenvalue weighted by Crippen LogP contribution is 2.21. The van der Waals surface area contributed by atoms with Gasteiger partial charge in [0.05, 0.1) is 28.0 Å². The molecule has 130 valence electrons. The summed E-state index contributed by atoms with van der Waals surface area (Å²) >= 11 is 0. The number of aromatic nitrogens is 2. The maximum atomic E-state index is 14.0. The lowest BCUT2D eigenvalue weighted by molar-refractivity contribution is 0.599. The van der Waals surface area contributed by atoms with Crippen LogP contribution in [0.2, 0.25) is 0 Å². The summed E-state index contributed by atoms with van der Waals surface area (Å²) in [6.45, 7) is 3.11. The van der Waals surface area contributed by atoms with Crippen LogP contribution in [0.25, 0.3) is 16.6 Å². The van der Waals surface area contributed by atoms with Crippen molar-refractivity contribution < 1.29 is 12.8 Å². The summed E-state index contributed by atoms with van der Waals surface area (Å²) in [7, 11) is -3.64. The highest BCUT2D eigenvalue weighted by atomic mass is 32.2. The number of para-hydroxylation sites is 1. The number of nitrogens with one attached hydrogen (secondary N) is 1. The third-order valence-corrected chi connectivity index (χ3v) is 5.09. The summed E-state index contributed by atoms with van der Waals surface area (Å²) in [4.78, 5) is 17.2. The number of benzene rings is 2. The third kappa shape index (κ3) is 3.25. The third-order valence-electron chi connectivity index (χ3n) is 3.80. The second-order valence-corrected chi connectivity index (χ2v) is 7.50. The number of aryl methyl sites for hydroxylation is 1. The molecule has 8 heteroatoms. The maximum absolute atomic E-state index is 14.0. The van der Waals surface area contributed by atoms with Crippen molar-refractivity contribution in [3.05, 3.63) is 64.5 Å². The van der Waals surface area contributed by atoms with E-state index in [9.17, 15) is 17.6 Å². The molecule has 2 aromatic carbocycles. The molecule has 1 aromatic heterocycles. The Morgan fingerprint density at radius 3 is 2.64 bits per heavy atom. The van der Waals surface area contributed by atoms with Gasteiger partial charge in [0.15, 0.2) is 0 Å². The SMILES string of the molecule is CCS(=O)(=O)Nc1cc(-n2c(C)nc3ccccc3c2=O)ccc1F. The molecule has 3 rings (SSSR count). The van der Waals surface area contributed by atoms with Gasteiger partial charge in [-0.15, -0.1) is 0 Å². The zero-order chi connectivity index (χ0) is 18.2. The Morgan fingerprint density at radius 1 is 1.20 bits per heavy atom. The zero-order valence-corrected chi connectivity index (χ0v) is 14.5. The highest BCUT2D eigenvalue weighted by molar-refractivity contribution is 7.92. The lowest BCUT2D eigenvalue weighted by Gasteiger charge is -2.13. The minimum absolute atomic E-state index is 0.187. The molecule has 3 aromatic rings. The van der Waals surface area contributed by atoms with Gasteiger partial charge in [-0.2, -0.15) is 0 Å². The number of rotatable bonds is 4. The van der Waals surface area contributed by atoms with E-state index in [1.54, 1.807) is 31.2 Å². The van der Waals surface area contributed by atoms with Crippen molar-refractivity contribution >= 4 is 26.6 Å². The topological polar surface area (TPSA) is 81.1 Å². The van der Waals surface area contributed by atoms with Crippen LogP contribution in [0.4, 0.5) is 10.1 Å². The van der Waals surface area contributed by atoms with Gasteiger partial charge < -0.3 is 0 Å². The summed E-state index contributed by atoms with van der Waals surface area (Å²) in [5.74, 6) is -0.493. The summed E-state index contributed by atoms with van der Waals surface area (Å²) < 4.78 is 40.9. The van der Waals surface area contributed by atoms with E-state index in [1.807, 2.05) is 0 Å². The zero-order valence-electron chi connectivity index (χ0n) is 13.7. The summed E-state index contributed by atoms with van der Waals surface area (Å²) in [5, 5.41) is 0.424. The van der Waals surface area contributed by atoms with Crippen LogP contribution in [-0.4, -0.2) is 23.7 Å². The summed E-state index contributed by atoms with van der Waals surface area (Å²) in [6.07, 6.45) is 0. The Kier molecular flexibility index (Phi) is 4.30. The van der Waals surface area contributed by atoms with Crippen LogP contribution < -0.4 is 10.3 Å². The van der Waals surface area contributed by atoms with E-state index in [-0.39, 0.29) is 17.0 Å². The monoisotopic (exact) mass is 361 g/mol. The Balaban J connectivity index is 2.21. The van der Waals surface area contributed by atoms with Crippen LogP contribution >= 0.6 is 0 Å². The molecule has 0 saturated carbocycles. The van der Waals surface area contributed by atoms with Gasteiger partial charge in [0.25, 0.3) is 5.56 Å². The van der Waals surface area contributed by atoms with Crippen LogP contribution in [0, 0.1) is 12.7 Å². The van der Waals surface area contributed by atoms with Gasteiger partial charge in [-0.1, -0.05) is 12.1 Å². The molecule has 6 nitrogen and oxygen atoms in total.